The Morgan fingerprint density at radius 2 is 1.88 bits per heavy atom. The van der Waals surface area contributed by atoms with Crippen LogP contribution in [0.3, 0.4) is 0 Å². The maximum absolute atomic E-state index is 11.6. The van der Waals surface area contributed by atoms with Crippen LogP contribution in [0.25, 0.3) is 11.1 Å². The topological polar surface area (TPSA) is 87.2 Å². The van der Waals surface area contributed by atoms with Gasteiger partial charge < -0.3 is 4.90 Å². The molecule has 8 heteroatoms. The molecule has 3 rings (SSSR count). The van der Waals surface area contributed by atoms with Gasteiger partial charge in [0.2, 0.25) is 0 Å². The highest BCUT2D eigenvalue weighted by atomic mass is 32.2. The molecule has 128 valence electrons. The quantitative estimate of drug-likeness (QED) is 0.848. The Labute approximate surface area is 142 Å². The van der Waals surface area contributed by atoms with Gasteiger partial charge in [0, 0.05) is 37.9 Å². The maximum atomic E-state index is 11.6. The van der Waals surface area contributed by atoms with E-state index in [2.05, 4.69) is 24.3 Å². The fourth-order valence-electron chi connectivity index (χ4n) is 2.88. The van der Waals surface area contributed by atoms with Gasteiger partial charge in [-0.2, -0.15) is 13.1 Å². The molecule has 2 heterocycles. The Morgan fingerprint density at radius 3 is 2.54 bits per heavy atom. The van der Waals surface area contributed by atoms with Crippen LogP contribution >= 0.6 is 0 Å². The Bertz CT molecular complexity index is 774. The minimum absolute atomic E-state index is 0.0549. The second kappa shape index (κ2) is 7.25. The fourth-order valence-corrected chi connectivity index (χ4v) is 3.68. The molecule has 0 aliphatic carbocycles. The van der Waals surface area contributed by atoms with Crippen molar-refractivity contribution in [3.63, 3.8) is 0 Å². The molecule has 0 radical (unpaired) electrons. The third-order valence-electron chi connectivity index (χ3n) is 4.16. The summed E-state index contributed by atoms with van der Waals surface area (Å²) in [5, 5.41) is 0. The molecule has 7 nitrogen and oxygen atoms in total. The van der Waals surface area contributed by atoms with E-state index in [1.165, 1.54) is 7.05 Å². The molecule has 1 saturated heterocycles. The summed E-state index contributed by atoms with van der Waals surface area (Å²) in [6.07, 6.45) is 4.85. The molecule has 2 N–H and O–H groups in total. The number of hydrogen-bond donors (Lipinski definition) is 2. The largest absolute Gasteiger partial charge is 0.356 e. The lowest BCUT2D eigenvalue weighted by molar-refractivity contribution is 0.456. The normalized spacial score (nSPS) is 16.3. The van der Waals surface area contributed by atoms with Gasteiger partial charge in [-0.3, -0.25) is 0 Å². The minimum Gasteiger partial charge on any atom is -0.356 e. The number of nitrogens with zero attached hydrogens (tertiary/aromatic N) is 3. The van der Waals surface area contributed by atoms with Gasteiger partial charge in [0.05, 0.1) is 0 Å². The van der Waals surface area contributed by atoms with Gasteiger partial charge in [-0.1, -0.05) is 30.3 Å². The van der Waals surface area contributed by atoms with Gasteiger partial charge in [-0.25, -0.2) is 14.7 Å². The fraction of sp³-hybridized carbons (Fsp3) is 0.375. The minimum atomic E-state index is -3.40. The lowest BCUT2D eigenvalue weighted by Gasteiger charge is -2.33. The van der Waals surface area contributed by atoms with Gasteiger partial charge >= 0.3 is 0 Å². The Morgan fingerprint density at radius 1 is 1.17 bits per heavy atom. The number of nitrogens with one attached hydrogen (secondary N) is 2. The van der Waals surface area contributed by atoms with E-state index < -0.39 is 10.2 Å². The van der Waals surface area contributed by atoms with Crippen LogP contribution in [-0.4, -0.2) is 44.6 Å². The van der Waals surface area contributed by atoms with Crippen LogP contribution in [0.2, 0.25) is 0 Å². The molecule has 1 aliphatic heterocycles. The standard InChI is InChI=1S/C16H21N5O2S/c1-17-24(22,23)20-14-7-9-21(10-8-14)16-15(11-18-12-19-16)13-5-3-2-4-6-13/h2-6,11-12,14,17,20H,7-10H2,1H3. The summed E-state index contributed by atoms with van der Waals surface area (Å²) < 4.78 is 28.2. The zero-order valence-corrected chi connectivity index (χ0v) is 14.3. The van der Waals surface area contributed by atoms with Crippen molar-refractivity contribution in [1.82, 2.24) is 19.4 Å². The van der Waals surface area contributed by atoms with Crippen LogP contribution in [0.1, 0.15) is 12.8 Å². The number of hydrogen-bond acceptors (Lipinski definition) is 5. The van der Waals surface area contributed by atoms with E-state index in [-0.39, 0.29) is 6.04 Å². The summed E-state index contributed by atoms with van der Waals surface area (Å²) in [4.78, 5) is 10.8. The first-order chi connectivity index (χ1) is 11.6. The monoisotopic (exact) mass is 347 g/mol. The van der Waals surface area contributed by atoms with Crippen molar-refractivity contribution in [3.05, 3.63) is 42.9 Å². The second-order valence-corrected chi connectivity index (χ2v) is 7.36. The van der Waals surface area contributed by atoms with Gasteiger partial charge in [-0.05, 0) is 18.4 Å². The molecule has 0 spiro atoms. The summed E-state index contributed by atoms with van der Waals surface area (Å²) in [6.45, 7) is 1.49. The summed E-state index contributed by atoms with van der Waals surface area (Å²) in [7, 11) is -1.99. The summed E-state index contributed by atoms with van der Waals surface area (Å²) in [5.41, 5.74) is 2.07. The van der Waals surface area contributed by atoms with Crippen LogP contribution in [0.4, 0.5) is 5.82 Å². The molecule has 0 amide bonds. The lowest BCUT2D eigenvalue weighted by Crippen LogP contribution is -2.47. The third kappa shape index (κ3) is 3.89. The van der Waals surface area contributed by atoms with Crippen LogP contribution in [-0.2, 0) is 10.2 Å². The zero-order chi connectivity index (χ0) is 17.0. The van der Waals surface area contributed by atoms with Crippen LogP contribution in [0, 0.1) is 0 Å². The van der Waals surface area contributed by atoms with E-state index in [9.17, 15) is 8.42 Å². The van der Waals surface area contributed by atoms with Gasteiger partial charge in [-0.15, -0.1) is 0 Å². The Balaban J connectivity index is 1.74. The van der Waals surface area contributed by atoms with E-state index in [0.29, 0.717) is 0 Å². The van der Waals surface area contributed by atoms with Crippen LogP contribution in [0.15, 0.2) is 42.9 Å². The van der Waals surface area contributed by atoms with E-state index >= 15 is 0 Å². The molecular formula is C16H21N5O2S. The van der Waals surface area contributed by atoms with Crippen molar-refractivity contribution in [1.29, 1.82) is 0 Å². The first kappa shape index (κ1) is 16.8. The van der Waals surface area contributed by atoms with Crippen molar-refractivity contribution in [3.8, 4) is 11.1 Å². The van der Waals surface area contributed by atoms with Gasteiger partial charge in [0.1, 0.15) is 12.1 Å². The molecule has 0 saturated carbocycles. The summed E-state index contributed by atoms with van der Waals surface area (Å²) in [6, 6.07) is 9.98. The van der Waals surface area contributed by atoms with Crippen molar-refractivity contribution < 1.29 is 8.42 Å². The number of rotatable bonds is 5. The third-order valence-corrected chi connectivity index (χ3v) is 5.34. The predicted molar refractivity (Wildman–Crippen MR) is 93.8 cm³/mol. The first-order valence-electron chi connectivity index (χ1n) is 7.90. The molecule has 1 aliphatic rings. The predicted octanol–water partition coefficient (Wildman–Crippen LogP) is 1.17. The number of aromatic nitrogens is 2. The van der Waals surface area contributed by atoms with Crippen LogP contribution in [0.5, 0.6) is 0 Å². The average molecular weight is 347 g/mol. The Kier molecular flexibility index (Phi) is 5.08. The highest BCUT2D eigenvalue weighted by Gasteiger charge is 2.24. The zero-order valence-electron chi connectivity index (χ0n) is 13.5. The highest BCUT2D eigenvalue weighted by Crippen LogP contribution is 2.29. The van der Waals surface area contributed by atoms with E-state index in [0.717, 1.165) is 42.9 Å². The van der Waals surface area contributed by atoms with Gasteiger partial charge in [0.25, 0.3) is 10.2 Å². The number of benzene rings is 1. The molecule has 0 atom stereocenters. The summed E-state index contributed by atoms with van der Waals surface area (Å²) in [5.74, 6) is 0.895. The van der Waals surface area contributed by atoms with Gasteiger partial charge in [0.15, 0.2) is 0 Å². The molecule has 1 fully saturated rings. The molecule has 1 aromatic carbocycles. The molecule has 0 bridgehead atoms. The average Bonchev–Trinajstić information content (AvgIpc) is 2.63. The van der Waals surface area contributed by atoms with E-state index in [1.807, 2.05) is 36.5 Å². The summed E-state index contributed by atoms with van der Waals surface area (Å²) >= 11 is 0. The molecule has 2 aromatic rings. The maximum Gasteiger partial charge on any atom is 0.276 e. The van der Waals surface area contributed by atoms with Crippen molar-refractivity contribution in [2.24, 2.45) is 0 Å². The van der Waals surface area contributed by atoms with Crippen molar-refractivity contribution in [2.75, 3.05) is 25.0 Å². The lowest BCUT2D eigenvalue weighted by atomic mass is 10.0. The van der Waals surface area contributed by atoms with Crippen molar-refractivity contribution >= 4 is 16.0 Å². The van der Waals surface area contributed by atoms with E-state index in [4.69, 9.17) is 0 Å². The molecule has 24 heavy (non-hydrogen) atoms. The Hall–Kier alpha value is -2.03. The SMILES string of the molecule is CNS(=O)(=O)NC1CCN(c2ncncc2-c2ccccc2)CC1. The number of anilines is 1. The molecule has 1 aromatic heterocycles. The van der Waals surface area contributed by atoms with Crippen molar-refractivity contribution in [2.45, 2.75) is 18.9 Å². The highest BCUT2D eigenvalue weighted by molar-refractivity contribution is 7.87. The smallest absolute Gasteiger partial charge is 0.276 e. The number of piperidine rings is 1. The van der Waals surface area contributed by atoms with E-state index in [1.54, 1.807) is 6.33 Å². The molecule has 0 unspecified atom stereocenters. The first-order valence-corrected chi connectivity index (χ1v) is 9.38. The molecular weight excluding hydrogens is 326 g/mol. The second-order valence-electron chi connectivity index (χ2n) is 5.71. The van der Waals surface area contributed by atoms with Crippen LogP contribution < -0.4 is 14.3 Å².